The first-order chi connectivity index (χ1) is 9.43. The number of nitrogens with zero attached hydrogens (tertiary/aromatic N) is 4. The molecular weight excluding hydrogens is 272 g/mol. The molecule has 1 aliphatic rings. The predicted octanol–water partition coefficient (Wildman–Crippen LogP) is 2.59. The molecule has 1 aromatic carbocycles. The third kappa shape index (κ3) is 3.17. The highest BCUT2D eigenvalue weighted by Crippen LogP contribution is 2.30. The van der Waals surface area contributed by atoms with Gasteiger partial charge in [-0.2, -0.15) is 9.62 Å². The van der Waals surface area contributed by atoms with Crippen molar-refractivity contribution in [1.82, 2.24) is 4.90 Å². The Hall–Kier alpha value is -1.87. The molecule has 0 aliphatic carbocycles. The highest BCUT2D eigenvalue weighted by Gasteiger charge is 2.19. The maximum atomic E-state index is 12.2. The van der Waals surface area contributed by atoms with Crippen molar-refractivity contribution in [3.8, 4) is 6.07 Å². The van der Waals surface area contributed by atoms with E-state index < -0.39 is 9.73 Å². The lowest BCUT2D eigenvalue weighted by Crippen LogP contribution is -2.22. The summed E-state index contributed by atoms with van der Waals surface area (Å²) >= 11 is 0. The fourth-order valence-corrected chi connectivity index (χ4v) is 3.36. The lowest BCUT2D eigenvalue weighted by atomic mass is 10.1. The molecule has 0 atom stereocenters. The average molecular weight is 290 g/mol. The molecule has 5 nitrogen and oxygen atoms in total. The topological polar surface area (TPSA) is 68.8 Å². The molecule has 0 aromatic heterocycles. The van der Waals surface area contributed by atoms with Gasteiger partial charge in [0.1, 0.15) is 6.07 Å². The van der Waals surface area contributed by atoms with Crippen molar-refractivity contribution < 1.29 is 4.21 Å². The summed E-state index contributed by atoms with van der Waals surface area (Å²) < 4.78 is 16.5. The lowest BCUT2D eigenvalue weighted by Gasteiger charge is -2.18. The van der Waals surface area contributed by atoms with Crippen LogP contribution in [0.25, 0.3) is 0 Å². The maximum absolute atomic E-state index is 12.2. The van der Waals surface area contributed by atoms with Gasteiger partial charge in [0, 0.05) is 25.6 Å². The molecule has 0 bridgehead atoms. The van der Waals surface area contributed by atoms with Crippen LogP contribution in [0, 0.1) is 18.3 Å². The third-order valence-electron chi connectivity index (χ3n) is 3.04. The van der Waals surface area contributed by atoms with Crippen LogP contribution in [0.5, 0.6) is 0 Å². The van der Waals surface area contributed by atoms with Gasteiger partial charge in [-0.05, 0) is 31.0 Å². The Kier molecular flexibility index (Phi) is 4.09. The molecule has 0 spiro atoms. The van der Waals surface area contributed by atoms with Crippen molar-refractivity contribution in [3.05, 3.63) is 23.3 Å². The van der Waals surface area contributed by atoms with Gasteiger partial charge in [-0.3, -0.25) is 0 Å². The van der Waals surface area contributed by atoms with Gasteiger partial charge in [-0.1, -0.05) is 0 Å². The molecule has 1 fully saturated rings. The molecule has 0 radical (unpaired) electrons. The minimum Gasteiger partial charge on any atom is -0.369 e. The van der Waals surface area contributed by atoms with Crippen molar-refractivity contribution in [2.45, 2.75) is 13.3 Å². The molecule has 1 saturated heterocycles. The number of hydrogen-bond acceptors (Lipinski definition) is 4. The normalized spacial score (nSPS) is 16.5. The number of nitriles is 1. The van der Waals surface area contributed by atoms with Crippen LogP contribution in [0.4, 0.5) is 11.4 Å². The van der Waals surface area contributed by atoms with Crippen LogP contribution >= 0.6 is 0 Å². The first-order valence-corrected chi connectivity index (χ1v) is 8.27. The predicted molar refractivity (Wildman–Crippen MR) is 82.3 cm³/mol. The second-order valence-electron chi connectivity index (χ2n) is 5.10. The van der Waals surface area contributed by atoms with Gasteiger partial charge in [-0.25, -0.2) is 9.20 Å². The van der Waals surface area contributed by atoms with Crippen molar-refractivity contribution >= 4 is 27.4 Å². The third-order valence-corrected chi connectivity index (χ3v) is 5.43. The maximum Gasteiger partial charge on any atom is 0.102 e. The second kappa shape index (κ2) is 5.63. The van der Waals surface area contributed by atoms with Crippen LogP contribution in [0.3, 0.4) is 0 Å². The standard InChI is InChI=1S/C14H18N4OS/c1-11-7-12(17-20(19)5-4-6-20)8-14(13(11)9-15)16-10-18(2)3/h7-8,10H,4-6H2,1-3H3/b16-10+. The Morgan fingerprint density at radius 1 is 1.40 bits per heavy atom. The first kappa shape index (κ1) is 14.5. The zero-order valence-electron chi connectivity index (χ0n) is 12.0. The number of rotatable bonds is 3. The van der Waals surface area contributed by atoms with Crippen LogP contribution in [-0.2, 0) is 9.73 Å². The Morgan fingerprint density at radius 3 is 2.60 bits per heavy atom. The molecule has 0 saturated carbocycles. The van der Waals surface area contributed by atoms with Crippen molar-refractivity contribution in [2.24, 2.45) is 9.36 Å². The summed E-state index contributed by atoms with van der Waals surface area (Å²) in [6.07, 6.45) is 2.62. The van der Waals surface area contributed by atoms with E-state index in [4.69, 9.17) is 0 Å². The SMILES string of the molecule is Cc1cc(N=S2(=O)CCC2)cc(/N=C/N(C)C)c1C#N. The van der Waals surface area contributed by atoms with E-state index in [-0.39, 0.29) is 0 Å². The molecule has 106 valence electrons. The molecule has 0 unspecified atom stereocenters. The highest BCUT2D eigenvalue weighted by atomic mass is 32.2. The highest BCUT2D eigenvalue weighted by molar-refractivity contribution is 7.95. The average Bonchev–Trinajstić information content (AvgIpc) is 2.34. The van der Waals surface area contributed by atoms with Crippen molar-refractivity contribution in [3.63, 3.8) is 0 Å². The summed E-state index contributed by atoms with van der Waals surface area (Å²) in [5.74, 6) is 1.34. The Bertz CT molecular complexity index is 697. The number of aliphatic imine (C=N–C) groups is 1. The second-order valence-corrected chi connectivity index (χ2v) is 7.65. The van der Waals surface area contributed by atoms with Gasteiger partial charge in [0.2, 0.25) is 0 Å². The molecule has 6 heteroatoms. The van der Waals surface area contributed by atoms with Gasteiger partial charge >= 0.3 is 0 Å². The van der Waals surface area contributed by atoms with E-state index in [2.05, 4.69) is 15.4 Å². The van der Waals surface area contributed by atoms with Crippen LogP contribution < -0.4 is 0 Å². The molecule has 0 amide bonds. The van der Waals surface area contributed by atoms with E-state index in [0.717, 1.165) is 12.0 Å². The molecule has 20 heavy (non-hydrogen) atoms. The van der Waals surface area contributed by atoms with E-state index in [9.17, 15) is 9.47 Å². The molecule has 0 N–H and O–H groups in total. The largest absolute Gasteiger partial charge is 0.369 e. The Labute approximate surface area is 120 Å². The minimum atomic E-state index is -2.05. The van der Waals surface area contributed by atoms with Gasteiger partial charge in [0.25, 0.3) is 0 Å². The lowest BCUT2D eigenvalue weighted by molar-refractivity contribution is 0.643. The van der Waals surface area contributed by atoms with Crippen LogP contribution in [0.1, 0.15) is 17.5 Å². The summed E-state index contributed by atoms with van der Waals surface area (Å²) in [5, 5.41) is 9.22. The van der Waals surface area contributed by atoms with E-state index in [1.807, 2.05) is 21.0 Å². The summed E-state index contributed by atoms with van der Waals surface area (Å²) in [4.78, 5) is 6.10. The van der Waals surface area contributed by atoms with Gasteiger partial charge in [0.15, 0.2) is 0 Å². The Morgan fingerprint density at radius 2 is 2.10 bits per heavy atom. The summed E-state index contributed by atoms with van der Waals surface area (Å²) in [5.41, 5.74) is 2.56. The molecule has 2 rings (SSSR count). The molecular formula is C14H18N4OS. The van der Waals surface area contributed by atoms with E-state index >= 15 is 0 Å². The smallest absolute Gasteiger partial charge is 0.102 e. The first-order valence-electron chi connectivity index (χ1n) is 6.41. The van der Waals surface area contributed by atoms with Crippen molar-refractivity contribution in [1.29, 1.82) is 5.26 Å². The van der Waals surface area contributed by atoms with Crippen molar-refractivity contribution in [2.75, 3.05) is 25.6 Å². The van der Waals surface area contributed by atoms with Gasteiger partial charge in [-0.15, -0.1) is 0 Å². The number of aryl methyl sites for hydroxylation is 1. The summed E-state index contributed by atoms with van der Waals surface area (Å²) in [7, 11) is 1.68. The fourth-order valence-electron chi connectivity index (χ4n) is 1.90. The number of benzene rings is 1. The number of hydrogen-bond donors (Lipinski definition) is 0. The zero-order chi connectivity index (χ0) is 14.8. The molecule has 1 aliphatic heterocycles. The summed E-state index contributed by atoms with van der Waals surface area (Å²) in [6.45, 7) is 1.85. The van der Waals surface area contributed by atoms with Crippen LogP contribution in [0.2, 0.25) is 0 Å². The van der Waals surface area contributed by atoms with Gasteiger partial charge in [0.05, 0.1) is 33.0 Å². The fraction of sp³-hybridized carbons (Fsp3) is 0.429. The quantitative estimate of drug-likeness (QED) is 0.634. The summed E-state index contributed by atoms with van der Waals surface area (Å²) in [6, 6.07) is 5.70. The molecule has 1 aromatic rings. The van der Waals surface area contributed by atoms with E-state index in [0.29, 0.717) is 28.4 Å². The van der Waals surface area contributed by atoms with Gasteiger partial charge < -0.3 is 4.90 Å². The van der Waals surface area contributed by atoms with E-state index in [1.54, 1.807) is 23.4 Å². The minimum absolute atomic E-state index is 0.533. The zero-order valence-corrected chi connectivity index (χ0v) is 12.8. The van der Waals surface area contributed by atoms with Crippen LogP contribution in [-0.4, -0.2) is 41.0 Å². The van der Waals surface area contributed by atoms with Crippen LogP contribution in [0.15, 0.2) is 21.5 Å². The molecule has 1 heterocycles. The Balaban J connectivity index is 2.50. The monoisotopic (exact) mass is 290 g/mol. The van der Waals surface area contributed by atoms with E-state index in [1.165, 1.54) is 0 Å².